The van der Waals surface area contributed by atoms with Crippen LogP contribution < -0.4 is 5.14 Å². The van der Waals surface area contributed by atoms with Crippen molar-refractivity contribution in [3.63, 3.8) is 0 Å². The van der Waals surface area contributed by atoms with Crippen LogP contribution in [0.2, 0.25) is 0 Å². The van der Waals surface area contributed by atoms with Gasteiger partial charge in [0.1, 0.15) is 0 Å². The Morgan fingerprint density at radius 3 is 2.33 bits per heavy atom. The van der Waals surface area contributed by atoms with Gasteiger partial charge in [-0.05, 0) is 25.5 Å². The van der Waals surface area contributed by atoms with Crippen LogP contribution in [0.5, 0.6) is 0 Å². The molecule has 0 aromatic heterocycles. The van der Waals surface area contributed by atoms with Gasteiger partial charge in [0.2, 0.25) is 10.0 Å². The van der Waals surface area contributed by atoms with Gasteiger partial charge in [0, 0.05) is 23.2 Å². The SMILES string of the molecule is CCN(CC)C(=O)c1c(C(Br)CBr)cccc1S(N)(=O)=O. The van der Waals surface area contributed by atoms with Crippen molar-refractivity contribution in [3.8, 4) is 0 Å². The number of hydrogen-bond donors (Lipinski definition) is 1. The third-order valence-corrected chi connectivity index (χ3v) is 6.39. The second-order valence-electron chi connectivity index (χ2n) is 4.36. The molecule has 0 saturated heterocycles. The van der Waals surface area contributed by atoms with Crippen LogP contribution in [-0.2, 0) is 10.0 Å². The molecule has 1 amide bonds. The van der Waals surface area contributed by atoms with Crippen molar-refractivity contribution in [1.29, 1.82) is 0 Å². The molecule has 1 atom stereocenters. The third-order valence-electron chi connectivity index (χ3n) is 3.10. The van der Waals surface area contributed by atoms with E-state index in [-0.39, 0.29) is 21.2 Å². The molecule has 1 unspecified atom stereocenters. The average molecular weight is 442 g/mol. The minimum atomic E-state index is -3.98. The molecule has 0 aliphatic carbocycles. The number of amides is 1. The second-order valence-corrected chi connectivity index (χ2v) is 7.65. The third kappa shape index (κ3) is 4.28. The van der Waals surface area contributed by atoms with Gasteiger partial charge in [0.15, 0.2) is 0 Å². The van der Waals surface area contributed by atoms with Crippen molar-refractivity contribution in [2.75, 3.05) is 18.4 Å². The number of nitrogens with zero attached hydrogens (tertiary/aromatic N) is 1. The van der Waals surface area contributed by atoms with E-state index < -0.39 is 10.0 Å². The first kappa shape index (κ1) is 18.6. The number of hydrogen-bond acceptors (Lipinski definition) is 3. The van der Waals surface area contributed by atoms with Gasteiger partial charge in [-0.2, -0.15) is 0 Å². The Morgan fingerprint density at radius 2 is 1.90 bits per heavy atom. The summed E-state index contributed by atoms with van der Waals surface area (Å²) in [4.78, 5) is 13.9. The Morgan fingerprint density at radius 1 is 1.33 bits per heavy atom. The molecular weight excluding hydrogens is 424 g/mol. The molecule has 0 heterocycles. The lowest BCUT2D eigenvalue weighted by Crippen LogP contribution is -2.33. The van der Waals surface area contributed by atoms with E-state index in [2.05, 4.69) is 31.9 Å². The van der Waals surface area contributed by atoms with Crippen molar-refractivity contribution < 1.29 is 13.2 Å². The smallest absolute Gasteiger partial charge is 0.255 e. The first-order chi connectivity index (χ1) is 9.77. The van der Waals surface area contributed by atoms with Crippen molar-refractivity contribution >= 4 is 47.8 Å². The summed E-state index contributed by atoms with van der Waals surface area (Å²) >= 11 is 6.77. The fourth-order valence-electron chi connectivity index (χ4n) is 2.03. The minimum Gasteiger partial charge on any atom is -0.339 e. The normalized spacial score (nSPS) is 13.0. The topological polar surface area (TPSA) is 80.5 Å². The summed E-state index contributed by atoms with van der Waals surface area (Å²) in [5, 5.41) is 5.80. The lowest BCUT2D eigenvalue weighted by Gasteiger charge is -2.23. The summed E-state index contributed by atoms with van der Waals surface area (Å²) in [5.74, 6) is -0.329. The maximum Gasteiger partial charge on any atom is 0.255 e. The minimum absolute atomic E-state index is 0.137. The van der Waals surface area contributed by atoms with E-state index in [9.17, 15) is 13.2 Å². The van der Waals surface area contributed by atoms with E-state index in [0.717, 1.165) is 0 Å². The predicted octanol–water partition coefficient (Wildman–Crippen LogP) is 2.65. The van der Waals surface area contributed by atoms with Crippen LogP contribution in [-0.4, -0.2) is 37.6 Å². The lowest BCUT2D eigenvalue weighted by atomic mass is 10.0. The Bertz CT molecular complexity index is 616. The van der Waals surface area contributed by atoms with Crippen LogP contribution in [0.4, 0.5) is 0 Å². The molecule has 0 spiro atoms. The van der Waals surface area contributed by atoms with E-state index >= 15 is 0 Å². The van der Waals surface area contributed by atoms with Crippen LogP contribution in [0, 0.1) is 0 Å². The van der Waals surface area contributed by atoms with Crippen molar-refractivity contribution in [2.45, 2.75) is 23.6 Å². The van der Waals surface area contributed by atoms with E-state index in [1.54, 1.807) is 17.0 Å². The van der Waals surface area contributed by atoms with Crippen LogP contribution >= 0.6 is 31.9 Å². The summed E-state index contributed by atoms with van der Waals surface area (Å²) in [6.45, 7) is 4.68. The maximum absolute atomic E-state index is 12.7. The fourth-order valence-corrected chi connectivity index (χ4v) is 3.52. The Labute approximate surface area is 142 Å². The van der Waals surface area contributed by atoms with Crippen LogP contribution in [0.1, 0.15) is 34.6 Å². The van der Waals surface area contributed by atoms with E-state index in [1.807, 2.05) is 13.8 Å². The number of alkyl halides is 2. The number of halogens is 2. The summed E-state index contributed by atoms with van der Waals surface area (Å²) in [6, 6.07) is 4.68. The summed E-state index contributed by atoms with van der Waals surface area (Å²) in [5.41, 5.74) is 0.750. The highest BCUT2D eigenvalue weighted by Gasteiger charge is 2.27. The van der Waals surface area contributed by atoms with Gasteiger partial charge in [-0.3, -0.25) is 4.79 Å². The Hall–Kier alpha value is -0.440. The Balaban J connectivity index is 3.61. The highest BCUT2D eigenvalue weighted by molar-refractivity contribution is 9.12. The summed E-state index contributed by atoms with van der Waals surface area (Å²) in [7, 11) is -3.98. The molecule has 0 aliphatic heterocycles. The highest BCUT2D eigenvalue weighted by Crippen LogP contribution is 2.32. The largest absolute Gasteiger partial charge is 0.339 e. The molecule has 1 rings (SSSR count). The van der Waals surface area contributed by atoms with Crippen molar-refractivity contribution in [2.24, 2.45) is 5.14 Å². The summed E-state index contributed by atoms with van der Waals surface area (Å²) < 4.78 is 23.6. The number of rotatable bonds is 6. The van der Waals surface area contributed by atoms with Gasteiger partial charge in [0.05, 0.1) is 10.5 Å². The molecule has 8 heteroatoms. The van der Waals surface area contributed by atoms with Gasteiger partial charge in [0.25, 0.3) is 5.91 Å². The zero-order chi connectivity index (χ0) is 16.2. The van der Waals surface area contributed by atoms with Gasteiger partial charge in [-0.25, -0.2) is 13.6 Å². The monoisotopic (exact) mass is 440 g/mol. The molecule has 21 heavy (non-hydrogen) atoms. The zero-order valence-electron chi connectivity index (χ0n) is 11.8. The molecule has 0 fully saturated rings. The maximum atomic E-state index is 12.7. The van der Waals surface area contributed by atoms with E-state index in [0.29, 0.717) is 24.0 Å². The number of primary sulfonamides is 1. The van der Waals surface area contributed by atoms with Gasteiger partial charge >= 0.3 is 0 Å². The number of carbonyl (C=O) groups is 1. The lowest BCUT2D eigenvalue weighted by molar-refractivity contribution is 0.0768. The first-order valence-electron chi connectivity index (χ1n) is 6.42. The van der Waals surface area contributed by atoms with Crippen molar-refractivity contribution in [3.05, 3.63) is 29.3 Å². The van der Waals surface area contributed by atoms with Gasteiger partial charge < -0.3 is 4.90 Å². The molecule has 1 aromatic carbocycles. The zero-order valence-corrected chi connectivity index (χ0v) is 15.8. The molecule has 0 aliphatic rings. The number of benzene rings is 1. The first-order valence-corrected chi connectivity index (χ1v) is 10.0. The standard InChI is InChI=1S/C13H18Br2N2O3S/c1-3-17(4-2)13(18)12-9(10(15)8-14)6-5-7-11(12)21(16,19)20/h5-7,10H,3-4,8H2,1-2H3,(H2,16,19,20). The second kappa shape index (κ2) is 7.71. The number of sulfonamides is 1. The molecular formula is C13H18Br2N2O3S. The molecule has 0 saturated carbocycles. The Kier molecular flexibility index (Phi) is 6.83. The molecule has 0 radical (unpaired) electrons. The van der Waals surface area contributed by atoms with Crippen molar-refractivity contribution in [1.82, 2.24) is 4.90 Å². The van der Waals surface area contributed by atoms with E-state index in [1.165, 1.54) is 6.07 Å². The predicted molar refractivity (Wildman–Crippen MR) is 90.5 cm³/mol. The quantitative estimate of drug-likeness (QED) is 0.689. The van der Waals surface area contributed by atoms with Gasteiger partial charge in [-0.1, -0.05) is 44.0 Å². The molecule has 0 bridgehead atoms. The fraction of sp³-hybridized carbons (Fsp3) is 0.462. The molecule has 118 valence electrons. The van der Waals surface area contributed by atoms with E-state index in [4.69, 9.17) is 5.14 Å². The number of carbonyl (C=O) groups excluding carboxylic acids is 1. The molecule has 1 aromatic rings. The highest BCUT2D eigenvalue weighted by atomic mass is 79.9. The molecule has 2 N–H and O–H groups in total. The van der Waals surface area contributed by atoms with Crippen LogP contribution in [0.3, 0.4) is 0 Å². The molecule has 5 nitrogen and oxygen atoms in total. The van der Waals surface area contributed by atoms with Crippen LogP contribution in [0.15, 0.2) is 23.1 Å². The number of nitrogens with two attached hydrogens (primary N) is 1. The van der Waals surface area contributed by atoms with Crippen LogP contribution in [0.25, 0.3) is 0 Å². The summed E-state index contributed by atoms with van der Waals surface area (Å²) in [6.07, 6.45) is 0. The van der Waals surface area contributed by atoms with Gasteiger partial charge in [-0.15, -0.1) is 0 Å². The average Bonchev–Trinajstić information content (AvgIpc) is 2.45.